The van der Waals surface area contributed by atoms with Crippen LogP contribution in [0.3, 0.4) is 0 Å². The summed E-state index contributed by atoms with van der Waals surface area (Å²) in [6.45, 7) is 26.5. The van der Waals surface area contributed by atoms with Crippen molar-refractivity contribution >= 4 is 30.9 Å². The molecule has 4 aliphatic rings. The molecule has 43 heavy (non-hydrogen) atoms. The summed E-state index contributed by atoms with van der Waals surface area (Å²) >= 11 is 2.61. The number of pyridine rings is 1. The molecule has 1 spiro atoms. The molecule has 2 saturated heterocycles. The highest BCUT2D eigenvalue weighted by Gasteiger charge is 2.56. The Labute approximate surface area is 274 Å². The van der Waals surface area contributed by atoms with Crippen molar-refractivity contribution in [1.29, 1.82) is 0 Å². The number of nitrogens with zero attached hydrogens (tertiary/aromatic N) is 1. The molecule has 5 nitrogen and oxygen atoms in total. The molecule has 1 aliphatic carbocycles. The van der Waals surface area contributed by atoms with Crippen LogP contribution >= 0.6 is 22.6 Å². The Morgan fingerprint density at radius 2 is 1.70 bits per heavy atom. The van der Waals surface area contributed by atoms with E-state index in [9.17, 15) is 0 Å². The summed E-state index contributed by atoms with van der Waals surface area (Å²) in [4.78, 5) is 5.59. The molecule has 0 radical (unpaired) electrons. The lowest BCUT2D eigenvalue weighted by Gasteiger charge is -2.47. The van der Waals surface area contributed by atoms with Crippen LogP contribution in [0, 0.1) is 5.41 Å². The van der Waals surface area contributed by atoms with Crippen LogP contribution in [0.25, 0.3) is 0 Å². The van der Waals surface area contributed by atoms with Crippen molar-refractivity contribution < 1.29 is 18.6 Å². The van der Waals surface area contributed by atoms with Crippen LogP contribution in [0.15, 0.2) is 24.3 Å². The molecule has 236 valence electrons. The van der Waals surface area contributed by atoms with Gasteiger partial charge in [-0.15, -0.1) is 0 Å². The maximum absolute atomic E-state index is 7.48. The van der Waals surface area contributed by atoms with Crippen molar-refractivity contribution in [3.8, 4) is 0 Å². The molecule has 0 N–H and O–H groups in total. The summed E-state index contributed by atoms with van der Waals surface area (Å²) < 4.78 is 26.7. The van der Waals surface area contributed by atoms with E-state index in [0.717, 1.165) is 32.5 Å². The molecule has 6 rings (SSSR count). The Bertz CT molecular complexity index is 1380. The van der Waals surface area contributed by atoms with Crippen molar-refractivity contribution in [2.75, 3.05) is 26.4 Å². The van der Waals surface area contributed by atoms with Gasteiger partial charge in [0.15, 0.2) is 8.32 Å². The Morgan fingerprint density at radius 3 is 2.26 bits per heavy atom. The number of benzene rings is 1. The van der Waals surface area contributed by atoms with Gasteiger partial charge in [-0.1, -0.05) is 102 Å². The van der Waals surface area contributed by atoms with Crippen molar-refractivity contribution in [2.45, 2.75) is 126 Å². The minimum Gasteiger partial charge on any atom is -0.410 e. The maximum atomic E-state index is 7.48. The molecule has 1 aromatic carbocycles. The van der Waals surface area contributed by atoms with E-state index in [1.807, 2.05) is 0 Å². The second-order valence-electron chi connectivity index (χ2n) is 16.6. The predicted molar refractivity (Wildman–Crippen MR) is 184 cm³/mol. The highest BCUT2D eigenvalue weighted by atomic mass is 127. The van der Waals surface area contributed by atoms with E-state index >= 15 is 0 Å². The summed E-state index contributed by atoms with van der Waals surface area (Å²) in [5.74, 6) is 0.280. The summed E-state index contributed by atoms with van der Waals surface area (Å²) in [7, 11) is -2.08. The first-order chi connectivity index (χ1) is 20.0. The normalized spacial score (nSPS) is 29.8. The average molecular weight is 718 g/mol. The van der Waals surface area contributed by atoms with Gasteiger partial charge in [-0.05, 0) is 53.4 Å². The monoisotopic (exact) mass is 717 g/mol. The molecule has 2 fully saturated rings. The van der Waals surface area contributed by atoms with E-state index in [4.69, 9.17) is 23.6 Å². The topological polar surface area (TPSA) is 49.8 Å². The molecule has 1 aromatic heterocycles. The lowest BCUT2D eigenvalue weighted by atomic mass is 9.69. The zero-order valence-corrected chi connectivity index (χ0v) is 31.2. The van der Waals surface area contributed by atoms with E-state index in [0.29, 0.717) is 13.2 Å². The third kappa shape index (κ3) is 5.39. The van der Waals surface area contributed by atoms with Crippen LogP contribution < -0.4 is 0 Å². The summed E-state index contributed by atoms with van der Waals surface area (Å²) in [5, 5.41) is 0.119. The smallest absolute Gasteiger partial charge is 0.192 e. The van der Waals surface area contributed by atoms with Gasteiger partial charge in [-0.25, -0.2) is 0 Å². The second kappa shape index (κ2) is 10.9. The van der Waals surface area contributed by atoms with Gasteiger partial charge in [0, 0.05) is 46.5 Å². The first-order valence-electron chi connectivity index (χ1n) is 16.3. The van der Waals surface area contributed by atoms with Gasteiger partial charge < -0.3 is 18.6 Å². The van der Waals surface area contributed by atoms with Gasteiger partial charge in [0.05, 0.1) is 29.8 Å². The summed E-state index contributed by atoms with van der Waals surface area (Å²) in [6, 6.07) is 9.18. The van der Waals surface area contributed by atoms with Crippen LogP contribution in [-0.2, 0) is 36.1 Å². The highest BCUT2D eigenvalue weighted by Crippen LogP contribution is 2.60. The van der Waals surface area contributed by atoms with Crippen molar-refractivity contribution in [2.24, 2.45) is 5.41 Å². The highest BCUT2D eigenvalue weighted by molar-refractivity contribution is 14.1. The second-order valence-corrected chi connectivity index (χ2v) is 22.8. The fraction of sp³-hybridized carbons (Fsp3) is 0.694. The Morgan fingerprint density at radius 1 is 1.02 bits per heavy atom. The zero-order valence-electron chi connectivity index (χ0n) is 28.0. The standard InChI is InChI=1S/C36H52INO4Si/c1-22(2)31-29-30(28-25(38-31)17-34(6,7)18-26(28)42-43(9,10)33(3,4)5)36(15-16-39-19-27(36)37)41-32(29)23-11-13-24(14-12-23)35(8)20-40-21-35/h11-14,22,26-27,32H,15-21H2,1-10H3/t26-,27?,32+,36?/m0/s1. The van der Waals surface area contributed by atoms with Gasteiger partial charge in [0.2, 0.25) is 0 Å². The number of halogens is 1. The zero-order chi connectivity index (χ0) is 31.2. The third-order valence-electron chi connectivity index (χ3n) is 11.0. The number of hydrogen-bond donors (Lipinski definition) is 0. The maximum Gasteiger partial charge on any atom is 0.192 e. The predicted octanol–water partition coefficient (Wildman–Crippen LogP) is 9.07. The molecule has 4 heterocycles. The molecule has 0 amide bonds. The number of rotatable bonds is 5. The number of ether oxygens (including phenoxy) is 3. The average Bonchev–Trinajstić information content (AvgIpc) is 3.22. The lowest BCUT2D eigenvalue weighted by Crippen LogP contribution is -2.47. The van der Waals surface area contributed by atoms with Crippen molar-refractivity contribution in [3.05, 3.63) is 63.5 Å². The number of alkyl halides is 1. The molecule has 4 atom stereocenters. The summed E-state index contributed by atoms with van der Waals surface area (Å²) in [5.41, 5.74) is 8.78. The third-order valence-corrected chi connectivity index (χ3v) is 16.9. The van der Waals surface area contributed by atoms with Gasteiger partial charge in [-0.2, -0.15) is 0 Å². The number of aromatic nitrogens is 1. The van der Waals surface area contributed by atoms with Crippen LogP contribution in [0.2, 0.25) is 18.1 Å². The van der Waals surface area contributed by atoms with E-state index < -0.39 is 13.9 Å². The first-order valence-corrected chi connectivity index (χ1v) is 20.5. The molecule has 2 aromatic rings. The van der Waals surface area contributed by atoms with Crippen LogP contribution in [-0.4, -0.2) is 43.7 Å². The SMILES string of the molecule is CC(C)c1nc2c(c3c1[C@@H](c1ccc(C4(C)COC4)cc1)OC31CCOCC1I)[C@@H](O[Si](C)(C)C(C)(C)C)CC(C)(C)C2. The first kappa shape index (κ1) is 32.1. The van der Waals surface area contributed by atoms with Gasteiger partial charge in [-0.3, -0.25) is 4.98 Å². The lowest BCUT2D eigenvalue weighted by molar-refractivity contribution is -0.113. The number of fused-ring (bicyclic) bond motifs is 4. The van der Waals surface area contributed by atoms with Gasteiger partial charge >= 0.3 is 0 Å². The minimum absolute atomic E-state index is 0.00807. The molecule has 2 unspecified atom stereocenters. The fourth-order valence-corrected chi connectivity index (χ4v) is 9.69. The van der Waals surface area contributed by atoms with Crippen LogP contribution in [0.1, 0.15) is 126 Å². The molecule has 0 bridgehead atoms. The van der Waals surface area contributed by atoms with Gasteiger partial charge in [0.1, 0.15) is 11.7 Å². The van der Waals surface area contributed by atoms with E-state index in [2.05, 4.69) is 115 Å². The van der Waals surface area contributed by atoms with Crippen LogP contribution in [0.5, 0.6) is 0 Å². The van der Waals surface area contributed by atoms with Crippen LogP contribution in [0.4, 0.5) is 0 Å². The van der Waals surface area contributed by atoms with E-state index in [1.165, 1.54) is 39.2 Å². The van der Waals surface area contributed by atoms with Crippen molar-refractivity contribution in [1.82, 2.24) is 4.98 Å². The Kier molecular flexibility index (Phi) is 8.11. The Balaban J connectivity index is 1.58. The molecule has 0 saturated carbocycles. The van der Waals surface area contributed by atoms with Crippen molar-refractivity contribution in [3.63, 3.8) is 0 Å². The molecular formula is C36H52INO4Si. The summed E-state index contributed by atoms with van der Waals surface area (Å²) in [6.07, 6.45) is 2.66. The van der Waals surface area contributed by atoms with Gasteiger partial charge in [0.25, 0.3) is 0 Å². The largest absolute Gasteiger partial charge is 0.410 e. The molecule has 7 heteroatoms. The fourth-order valence-electron chi connectivity index (χ4n) is 7.40. The number of hydrogen-bond acceptors (Lipinski definition) is 5. The molecular weight excluding hydrogens is 665 g/mol. The Hall–Kier alpha value is -0.843. The van der Waals surface area contributed by atoms with E-state index in [-0.39, 0.29) is 37.9 Å². The molecule has 3 aliphatic heterocycles. The quantitative estimate of drug-likeness (QED) is 0.176. The minimum atomic E-state index is -2.08. The van der Waals surface area contributed by atoms with E-state index in [1.54, 1.807) is 0 Å².